The molecule has 35 heavy (non-hydrogen) atoms. The first kappa shape index (κ1) is 21.9. The summed E-state index contributed by atoms with van der Waals surface area (Å²) in [6.45, 7) is 0. The molecule has 0 amide bonds. The molecule has 178 valence electrons. The smallest absolute Gasteiger partial charge is 0.384 e. The molecule has 5 nitrogen and oxygen atoms in total. The van der Waals surface area contributed by atoms with Gasteiger partial charge in [-0.2, -0.15) is 18.3 Å². The number of nitrogens with zero attached hydrogens (tertiary/aromatic N) is 2. The number of aryl methyl sites for hydroxylation is 1. The fraction of sp³-hybridized carbons (Fsp3) is 0.231. The number of fused-ring (bicyclic) bond motifs is 5. The van der Waals surface area contributed by atoms with Crippen LogP contribution in [0.1, 0.15) is 44.8 Å². The highest BCUT2D eigenvalue weighted by Gasteiger charge is 2.44. The van der Waals surface area contributed by atoms with Gasteiger partial charge in [0.2, 0.25) is 0 Å². The summed E-state index contributed by atoms with van der Waals surface area (Å²) in [5.41, 5.74) is 10.7. The normalized spacial score (nSPS) is 20.6. The highest BCUT2D eigenvalue weighted by molar-refractivity contribution is 7.15. The lowest BCUT2D eigenvalue weighted by Gasteiger charge is -2.37. The van der Waals surface area contributed by atoms with Gasteiger partial charge in [0, 0.05) is 29.1 Å². The van der Waals surface area contributed by atoms with Gasteiger partial charge in [0.1, 0.15) is 17.2 Å². The van der Waals surface area contributed by atoms with Gasteiger partial charge in [0.15, 0.2) is 0 Å². The van der Waals surface area contributed by atoms with Crippen LogP contribution in [0.4, 0.5) is 18.9 Å². The van der Waals surface area contributed by atoms with E-state index in [4.69, 9.17) is 11.1 Å². The van der Waals surface area contributed by atoms with Gasteiger partial charge < -0.3 is 11.1 Å². The van der Waals surface area contributed by atoms with E-state index in [-0.39, 0.29) is 23.7 Å². The molecule has 0 radical (unpaired) electrons. The number of aromatic nitrogens is 2. The number of alkyl halides is 3. The lowest BCUT2D eigenvalue weighted by Crippen LogP contribution is -2.30. The molecule has 1 aliphatic heterocycles. The molecule has 6 rings (SSSR count). The van der Waals surface area contributed by atoms with Crippen molar-refractivity contribution in [2.75, 3.05) is 5.32 Å². The fourth-order valence-corrected chi connectivity index (χ4v) is 6.61. The van der Waals surface area contributed by atoms with Crippen LogP contribution in [0.3, 0.4) is 0 Å². The van der Waals surface area contributed by atoms with Gasteiger partial charge in [-0.3, -0.25) is 10.1 Å². The van der Waals surface area contributed by atoms with Crippen LogP contribution in [0.25, 0.3) is 10.6 Å². The summed E-state index contributed by atoms with van der Waals surface area (Å²) >= 11 is 1.48. The Kier molecular flexibility index (Phi) is 4.83. The molecular weight excluding hydrogens is 471 g/mol. The minimum absolute atomic E-state index is 0.00683. The number of rotatable bonds is 3. The van der Waals surface area contributed by atoms with Gasteiger partial charge in [0.05, 0.1) is 10.9 Å². The summed E-state index contributed by atoms with van der Waals surface area (Å²) in [6.07, 6.45) is -3.56. The molecule has 3 atom stereocenters. The first-order valence-corrected chi connectivity index (χ1v) is 12.1. The molecule has 4 aromatic rings. The van der Waals surface area contributed by atoms with E-state index in [9.17, 15) is 13.2 Å². The molecule has 4 N–H and O–H groups in total. The van der Waals surface area contributed by atoms with E-state index in [1.165, 1.54) is 29.5 Å². The minimum Gasteiger partial charge on any atom is -0.384 e. The van der Waals surface area contributed by atoms with Gasteiger partial charge in [-0.05, 0) is 65.4 Å². The number of nitrogen functional groups attached to an aromatic ring is 1. The highest BCUT2D eigenvalue weighted by atomic mass is 32.1. The molecule has 3 heterocycles. The van der Waals surface area contributed by atoms with Crippen LogP contribution in [0.5, 0.6) is 0 Å². The second kappa shape index (κ2) is 7.71. The number of halogens is 3. The molecule has 1 aliphatic carbocycles. The average Bonchev–Trinajstić information content (AvgIpc) is 3.54. The van der Waals surface area contributed by atoms with E-state index in [1.807, 2.05) is 36.4 Å². The molecule has 2 aromatic carbocycles. The van der Waals surface area contributed by atoms with Gasteiger partial charge in [-0.1, -0.05) is 24.3 Å². The Balaban J connectivity index is 1.41. The summed E-state index contributed by atoms with van der Waals surface area (Å²) in [5.74, 6) is 0.404. The van der Waals surface area contributed by atoms with Gasteiger partial charge in [0.25, 0.3) is 0 Å². The van der Waals surface area contributed by atoms with Crippen LogP contribution >= 0.6 is 11.3 Å². The van der Waals surface area contributed by atoms with Crippen molar-refractivity contribution in [3.8, 4) is 10.6 Å². The maximum Gasteiger partial charge on any atom is 0.433 e. The molecule has 0 saturated carbocycles. The molecule has 0 spiro atoms. The second-order valence-corrected chi connectivity index (χ2v) is 10.2. The van der Waals surface area contributed by atoms with Crippen molar-refractivity contribution in [2.45, 2.75) is 24.6 Å². The summed E-state index contributed by atoms with van der Waals surface area (Å²) in [7, 11) is 1.32. The minimum atomic E-state index is -4.45. The lowest BCUT2D eigenvalue weighted by atomic mass is 9.77. The SMILES string of the molecule is Cn1nc(-c2ccc(C3Nc4ccc(C(=N)N)cc4C4c5ccccc5CC34)s2)cc1C(F)(F)F. The molecule has 2 aliphatic rings. The Labute approximate surface area is 203 Å². The van der Waals surface area contributed by atoms with E-state index in [2.05, 4.69) is 28.6 Å². The Morgan fingerprint density at radius 2 is 1.91 bits per heavy atom. The van der Waals surface area contributed by atoms with Crippen LogP contribution in [0, 0.1) is 11.3 Å². The summed E-state index contributed by atoms with van der Waals surface area (Å²) in [6, 6.07) is 19.2. The zero-order valence-corrected chi connectivity index (χ0v) is 19.5. The highest BCUT2D eigenvalue weighted by Crippen LogP contribution is 2.55. The van der Waals surface area contributed by atoms with Crippen molar-refractivity contribution in [1.29, 1.82) is 5.41 Å². The maximum absolute atomic E-state index is 13.3. The third kappa shape index (κ3) is 3.53. The van der Waals surface area contributed by atoms with Gasteiger partial charge in [-0.15, -0.1) is 11.3 Å². The predicted octanol–water partition coefficient (Wildman–Crippen LogP) is 5.92. The van der Waals surface area contributed by atoms with Crippen LogP contribution in [0.15, 0.2) is 60.7 Å². The topological polar surface area (TPSA) is 79.7 Å². The molecule has 0 bridgehead atoms. The number of nitrogens with one attached hydrogen (secondary N) is 2. The van der Waals surface area contributed by atoms with E-state index < -0.39 is 11.9 Å². The number of amidine groups is 1. The van der Waals surface area contributed by atoms with E-state index in [0.29, 0.717) is 16.1 Å². The number of anilines is 1. The zero-order valence-electron chi connectivity index (χ0n) is 18.7. The number of hydrogen-bond acceptors (Lipinski definition) is 4. The zero-order chi connectivity index (χ0) is 24.5. The quantitative estimate of drug-likeness (QED) is 0.245. The summed E-state index contributed by atoms with van der Waals surface area (Å²) in [4.78, 5) is 1.76. The van der Waals surface area contributed by atoms with Crippen molar-refractivity contribution in [2.24, 2.45) is 18.7 Å². The van der Waals surface area contributed by atoms with Gasteiger partial charge in [-0.25, -0.2) is 0 Å². The molecular formula is C26H22F3N5S. The van der Waals surface area contributed by atoms with E-state index in [0.717, 1.165) is 33.3 Å². The van der Waals surface area contributed by atoms with Gasteiger partial charge >= 0.3 is 6.18 Å². The first-order valence-electron chi connectivity index (χ1n) is 11.2. The largest absolute Gasteiger partial charge is 0.433 e. The maximum atomic E-state index is 13.3. The van der Waals surface area contributed by atoms with E-state index >= 15 is 0 Å². The Morgan fingerprint density at radius 3 is 2.66 bits per heavy atom. The molecule has 2 aromatic heterocycles. The van der Waals surface area contributed by atoms with Crippen molar-refractivity contribution >= 4 is 22.9 Å². The third-order valence-electron chi connectivity index (χ3n) is 7.07. The van der Waals surface area contributed by atoms with Crippen LogP contribution in [-0.2, 0) is 19.6 Å². The second-order valence-electron chi connectivity index (χ2n) is 9.12. The van der Waals surface area contributed by atoms with Crippen molar-refractivity contribution in [3.63, 3.8) is 0 Å². The number of benzene rings is 2. The number of hydrogen-bond donors (Lipinski definition) is 3. The third-order valence-corrected chi connectivity index (χ3v) is 8.26. The van der Waals surface area contributed by atoms with Crippen molar-refractivity contribution < 1.29 is 13.2 Å². The van der Waals surface area contributed by atoms with Crippen molar-refractivity contribution in [3.05, 3.63) is 93.5 Å². The van der Waals surface area contributed by atoms with Crippen LogP contribution < -0.4 is 11.1 Å². The Hall–Kier alpha value is -3.59. The Bertz CT molecular complexity index is 1470. The van der Waals surface area contributed by atoms with Crippen LogP contribution in [0.2, 0.25) is 0 Å². The van der Waals surface area contributed by atoms with Crippen molar-refractivity contribution in [1.82, 2.24) is 9.78 Å². The Morgan fingerprint density at radius 1 is 1.11 bits per heavy atom. The standard InChI is InChI=1S/C26H22F3N5S/c1-34-22(26(27,28)29)12-19(33-34)20-8-9-21(35-20)24-17-10-13-4-2-3-5-15(13)23(17)16-11-14(25(30)31)6-7-18(16)32-24/h2-9,11-12,17,23-24,32H,10H2,1H3,(H3,30,31). The average molecular weight is 494 g/mol. The summed E-state index contributed by atoms with van der Waals surface area (Å²) in [5, 5.41) is 15.7. The predicted molar refractivity (Wildman–Crippen MR) is 131 cm³/mol. The van der Waals surface area contributed by atoms with E-state index in [1.54, 1.807) is 0 Å². The lowest BCUT2D eigenvalue weighted by molar-refractivity contribution is -0.143. The fourth-order valence-electron chi connectivity index (χ4n) is 5.52. The monoisotopic (exact) mass is 493 g/mol. The molecule has 0 saturated heterocycles. The summed E-state index contributed by atoms with van der Waals surface area (Å²) < 4.78 is 40.7. The molecule has 0 fully saturated rings. The number of thiophene rings is 1. The first-order chi connectivity index (χ1) is 16.7. The molecule has 3 unspecified atom stereocenters. The molecule has 9 heteroatoms. The number of nitrogens with two attached hydrogens (primary N) is 1. The van der Waals surface area contributed by atoms with Crippen LogP contribution in [-0.4, -0.2) is 15.6 Å².